The molecule has 0 saturated carbocycles. The highest BCUT2D eigenvalue weighted by Gasteiger charge is 2.20. The molecule has 0 spiro atoms. The summed E-state index contributed by atoms with van der Waals surface area (Å²) in [6, 6.07) is 3.71. The quantitative estimate of drug-likeness (QED) is 0.800. The Bertz CT molecular complexity index is 438. The van der Waals surface area contributed by atoms with Crippen molar-refractivity contribution in [2.75, 3.05) is 37.7 Å². The van der Waals surface area contributed by atoms with Crippen LogP contribution in [0, 0.1) is 0 Å². The molecule has 1 aliphatic heterocycles. The molecule has 0 aromatic carbocycles. The van der Waals surface area contributed by atoms with E-state index in [1.165, 1.54) is 0 Å². The molecule has 104 valence electrons. The van der Waals surface area contributed by atoms with Gasteiger partial charge in [0.05, 0.1) is 12.7 Å². The van der Waals surface area contributed by atoms with Gasteiger partial charge in [-0.25, -0.2) is 0 Å². The Hall–Kier alpha value is -1.66. The van der Waals surface area contributed by atoms with Crippen LogP contribution < -0.4 is 16.0 Å². The predicted octanol–water partition coefficient (Wildman–Crippen LogP) is -0.00480. The van der Waals surface area contributed by atoms with E-state index in [1.807, 2.05) is 19.1 Å². The van der Waals surface area contributed by atoms with E-state index in [-0.39, 0.29) is 12.0 Å². The second kappa shape index (κ2) is 6.49. The number of nitrogens with one attached hydrogen (secondary N) is 1. The average molecular weight is 264 g/mol. The lowest BCUT2D eigenvalue weighted by atomic mass is 10.2. The van der Waals surface area contributed by atoms with E-state index in [0.29, 0.717) is 25.4 Å². The van der Waals surface area contributed by atoms with Crippen molar-refractivity contribution in [2.24, 2.45) is 5.73 Å². The minimum absolute atomic E-state index is 0.0508. The largest absolute Gasteiger partial charge is 0.373 e. The van der Waals surface area contributed by atoms with E-state index in [9.17, 15) is 4.79 Å². The topological polar surface area (TPSA) is 80.5 Å². The van der Waals surface area contributed by atoms with Crippen molar-refractivity contribution in [3.63, 3.8) is 0 Å². The van der Waals surface area contributed by atoms with Gasteiger partial charge in [-0.15, -0.1) is 0 Å². The van der Waals surface area contributed by atoms with E-state index in [4.69, 9.17) is 10.5 Å². The molecule has 0 radical (unpaired) electrons. The summed E-state index contributed by atoms with van der Waals surface area (Å²) < 4.78 is 5.53. The normalized spacial score (nSPS) is 19.3. The zero-order valence-corrected chi connectivity index (χ0v) is 11.1. The third-order valence-electron chi connectivity index (χ3n) is 3.08. The van der Waals surface area contributed by atoms with Gasteiger partial charge in [-0.3, -0.25) is 9.78 Å². The summed E-state index contributed by atoms with van der Waals surface area (Å²) >= 11 is 0. The Balaban J connectivity index is 2.11. The maximum Gasteiger partial charge on any atom is 0.269 e. The molecular weight excluding hydrogens is 244 g/mol. The van der Waals surface area contributed by atoms with Gasteiger partial charge in [-0.1, -0.05) is 0 Å². The molecule has 1 amide bonds. The molecule has 1 fully saturated rings. The highest BCUT2D eigenvalue weighted by atomic mass is 16.5. The Morgan fingerprint density at radius 1 is 1.68 bits per heavy atom. The summed E-state index contributed by atoms with van der Waals surface area (Å²) in [7, 11) is 0. The van der Waals surface area contributed by atoms with Crippen LogP contribution in [-0.4, -0.2) is 49.8 Å². The number of hydrogen-bond acceptors (Lipinski definition) is 5. The molecule has 6 nitrogen and oxygen atoms in total. The maximum absolute atomic E-state index is 11.8. The molecule has 19 heavy (non-hydrogen) atoms. The first-order valence-electron chi connectivity index (χ1n) is 6.55. The molecule has 1 saturated heterocycles. The first-order valence-corrected chi connectivity index (χ1v) is 6.55. The summed E-state index contributed by atoms with van der Waals surface area (Å²) in [4.78, 5) is 18.0. The fourth-order valence-corrected chi connectivity index (χ4v) is 2.09. The van der Waals surface area contributed by atoms with Gasteiger partial charge in [0.1, 0.15) is 5.69 Å². The van der Waals surface area contributed by atoms with Crippen molar-refractivity contribution in [3.8, 4) is 0 Å². The summed E-state index contributed by atoms with van der Waals surface area (Å²) in [5.41, 5.74) is 7.06. The van der Waals surface area contributed by atoms with Gasteiger partial charge in [-0.05, 0) is 19.1 Å². The van der Waals surface area contributed by atoms with E-state index in [1.54, 1.807) is 6.20 Å². The van der Waals surface area contributed by atoms with E-state index >= 15 is 0 Å². The van der Waals surface area contributed by atoms with Crippen molar-refractivity contribution < 1.29 is 9.53 Å². The molecule has 1 aromatic heterocycles. The van der Waals surface area contributed by atoms with Gasteiger partial charge in [0.15, 0.2) is 0 Å². The number of amides is 1. The number of aromatic nitrogens is 1. The summed E-state index contributed by atoms with van der Waals surface area (Å²) in [5, 5.41) is 2.75. The third kappa shape index (κ3) is 3.42. The SMILES string of the molecule is CCNC(=O)c1cc(N2CCOC(CN)C2)ccn1. The number of pyridine rings is 1. The predicted molar refractivity (Wildman–Crippen MR) is 73.3 cm³/mol. The average Bonchev–Trinajstić information content (AvgIpc) is 2.48. The van der Waals surface area contributed by atoms with Crippen molar-refractivity contribution in [2.45, 2.75) is 13.0 Å². The van der Waals surface area contributed by atoms with Crippen LogP contribution in [0.15, 0.2) is 18.3 Å². The van der Waals surface area contributed by atoms with E-state index < -0.39 is 0 Å². The maximum atomic E-state index is 11.8. The molecule has 0 bridgehead atoms. The zero-order valence-electron chi connectivity index (χ0n) is 11.1. The molecule has 3 N–H and O–H groups in total. The minimum atomic E-state index is -0.145. The molecular formula is C13H20N4O2. The fraction of sp³-hybridized carbons (Fsp3) is 0.538. The summed E-state index contributed by atoms with van der Waals surface area (Å²) in [5.74, 6) is -0.145. The van der Waals surface area contributed by atoms with Gasteiger partial charge in [0.25, 0.3) is 5.91 Å². The second-order valence-electron chi connectivity index (χ2n) is 4.43. The third-order valence-corrected chi connectivity index (χ3v) is 3.08. The van der Waals surface area contributed by atoms with Crippen LogP contribution >= 0.6 is 0 Å². The Labute approximate surface area is 112 Å². The zero-order chi connectivity index (χ0) is 13.7. The number of nitrogens with two attached hydrogens (primary N) is 1. The molecule has 2 heterocycles. The van der Waals surface area contributed by atoms with Crippen molar-refractivity contribution in [1.29, 1.82) is 0 Å². The number of carbonyl (C=O) groups is 1. The monoisotopic (exact) mass is 264 g/mol. The lowest BCUT2D eigenvalue weighted by Crippen LogP contribution is -2.45. The highest BCUT2D eigenvalue weighted by Crippen LogP contribution is 2.17. The first kappa shape index (κ1) is 13.8. The number of ether oxygens (including phenoxy) is 1. The van der Waals surface area contributed by atoms with Gasteiger partial charge in [0.2, 0.25) is 0 Å². The van der Waals surface area contributed by atoms with Gasteiger partial charge in [-0.2, -0.15) is 0 Å². The number of rotatable bonds is 4. The van der Waals surface area contributed by atoms with Crippen molar-refractivity contribution in [3.05, 3.63) is 24.0 Å². The lowest BCUT2D eigenvalue weighted by molar-refractivity contribution is 0.0465. The van der Waals surface area contributed by atoms with E-state index in [2.05, 4.69) is 15.2 Å². The van der Waals surface area contributed by atoms with E-state index in [0.717, 1.165) is 18.8 Å². The van der Waals surface area contributed by atoms with Crippen molar-refractivity contribution >= 4 is 11.6 Å². The standard InChI is InChI=1S/C13H20N4O2/c1-2-15-13(18)12-7-10(3-4-16-12)17-5-6-19-11(8-14)9-17/h3-4,7,11H,2,5-6,8-9,14H2,1H3,(H,15,18). The van der Waals surface area contributed by atoms with Crippen LogP contribution in [0.1, 0.15) is 17.4 Å². The van der Waals surface area contributed by atoms with Gasteiger partial charge in [0, 0.05) is 38.1 Å². The molecule has 2 rings (SSSR count). The highest BCUT2D eigenvalue weighted by molar-refractivity contribution is 5.93. The number of anilines is 1. The summed E-state index contributed by atoms with van der Waals surface area (Å²) in [6.45, 7) is 5.18. The Kier molecular flexibility index (Phi) is 4.70. The molecule has 0 aliphatic carbocycles. The minimum Gasteiger partial charge on any atom is -0.373 e. The molecule has 1 aliphatic rings. The fourth-order valence-electron chi connectivity index (χ4n) is 2.09. The first-order chi connectivity index (χ1) is 9.24. The van der Waals surface area contributed by atoms with Crippen LogP contribution in [0.25, 0.3) is 0 Å². The summed E-state index contributed by atoms with van der Waals surface area (Å²) in [6.07, 6.45) is 1.71. The van der Waals surface area contributed by atoms with Crippen molar-refractivity contribution in [1.82, 2.24) is 10.3 Å². The smallest absolute Gasteiger partial charge is 0.269 e. The number of nitrogens with zero attached hydrogens (tertiary/aromatic N) is 2. The number of carbonyl (C=O) groups excluding carboxylic acids is 1. The lowest BCUT2D eigenvalue weighted by Gasteiger charge is -2.34. The number of morpholine rings is 1. The number of hydrogen-bond donors (Lipinski definition) is 2. The molecule has 6 heteroatoms. The molecule has 1 atom stereocenters. The molecule has 1 aromatic rings. The molecule has 1 unspecified atom stereocenters. The van der Waals surface area contributed by atoms with Gasteiger partial charge >= 0.3 is 0 Å². The Morgan fingerprint density at radius 3 is 3.26 bits per heavy atom. The van der Waals surface area contributed by atoms with Gasteiger partial charge < -0.3 is 20.7 Å². The van der Waals surface area contributed by atoms with Crippen LogP contribution in [0.4, 0.5) is 5.69 Å². The van der Waals surface area contributed by atoms with Crippen LogP contribution in [0.5, 0.6) is 0 Å². The van der Waals surface area contributed by atoms with Crippen LogP contribution in [-0.2, 0) is 4.74 Å². The second-order valence-corrected chi connectivity index (χ2v) is 4.43. The van der Waals surface area contributed by atoms with Crippen LogP contribution in [0.2, 0.25) is 0 Å². The van der Waals surface area contributed by atoms with Crippen LogP contribution in [0.3, 0.4) is 0 Å². The Morgan fingerprint density at radius 2 is 2.53 bits per heavy atom.